The van der Waals surface area contributed by atoms with E-state index in [0.717, 1.165) is 0 Å². The van der Waals surface area contributed by atoms with Crippen molar-refractivity contribution in [2.45, 2.75) is 6.92 Å². The summed E-state index contributed by atoms with van der Waals surface area (Å²) in [5, 5.41) is 2.61. The standard InChI is InChI=1S/C15H13AsFN3O4/c1-9-14(20-8-11(17)4-7-13(20)18-9)15(21)19-12-5-2-10(3-6-12)16(22,23)24/h2-8H,1H3,(H,19,21)(H2,22,23,24). The summed E-state index contributed by atoms with van der Waals surface area (Å²) in [7, 11) is 0. The molecule has 124 valence electrons. The molecule has 7 nitrogen and oxygen atoms in total. The van der Waals surface area contributed by atoms with Gasteiger partial charge in [-0.3, -0.25) is 0 Å². The Morgan fingerprint density at radius 2 is 1.88 bits per heavy atom. The molecule has 0 aliphatic rings. The summed E-state index contributed by atoms with van der Waals surface area (Å²) in [5.41, 5.74) is 1.43. The number of nitrogens with one attached hydrogen (secondary N) is 1. The molecular weight excluding hydrogens is 380 g/mol. The Kier molecular flexibility index (Phi) is 4.04. The van der Waals surface area contributed by atoms with Gasteiger partial charge in [0.25, 0.3) is 0 Å². The van der Waals surface area contributed by atoms with Crippen LogP contribution in [-0.4, -0.2) is 37.7 Å². The second-order valence-corrected chi connectivity index (χ2v) is 8.53. The van der Waals surface area contributed by atoms with Crippen LogP contribution in [0, 0.1) is 12.7 Å². The first kappa shape index (κ1) is 16.4. The maximum atomic E-state index is 13.4. The van der Waals surface area contributed by atoms with Crippen LogP contribution in [0.3, 0.4) is 0 Å². The molecule has 0 bridgehead atoms. The van der Waals surface area contributed by atoms with Gasteiger partial charge in [-0.1, -0.05) is 0 Å². The second-order valence-electron chi connectivity index (χ2n) is 5.17. The second kappa shape index (κ2) is 5.90. The first-order valence-electron chi connectivity index (χ1n) is 6.87. The van der Waals surface area contributed by atoms with Crippen LogP contribution < -0.4 is 9.67 Å². The van der Waals surface area contributed by atoms with Crippen LogP contribution in [0.1, 0.15) is 16.2 Å². The fourth-order valence-corrected chi connectivity index (χ4v) is 3.47. The number of anilines is 1. The maximum absolute atomic E-state index is 13.4. The van der Waals surface area contributed by atoms with Gasteiger partial charge in [0, 0.05) is 0 Å². The van der Waals surface area contributed by atoms with Crippen LogP contribution in [0.4, 0.5) is 10.1 Å². The zero-order valence-electron chi connectivity index (χ0n) is 12.5. The normalized spacial score (nSPS) is 11.7. The molecule has 1 aromatic carbocycles. The number of benzene rings is 1. The van der Waals surface area contributed by atoms with E-state index in [4.69, 9.17) is 8.19 Å². The Morgan fingerprint density at radius 1 is 1.21 bits per heavy atom. The van der Waals surface area contributed by atoms with Crippen molar-refractivity contribution in [2.75, 3.05) is 5.32 Å². The molecule has 0 atom stereocenters. The van der Waals surface area contributed by atoms with Crippen LogP contribution >= 0.6 is 0 Å². The number of carbonyl (C=O) groups is 1. The fourth-order valence-electron chi connectivity index (χ4n) is 2.34. The first-order valence-corrected chi connectivity index (χ1v) is 10.3. The van der Waals surface area contributed by atoms with Crippen molar-refractivity contribution in [3.05, 3.63) is 59.8 Å². The topological polar surface area (TPSA) is 104 Å². The van der Waals surface area contributed by atoms with Gasteiger partial charge in [0.15, 0.2) is 0 Å². The summed E-state index contributed by atoms with van der Waals surface area (Å²) < 4.78 is 44.1. The summed E-state index contributed by atoms with van der Waals surface area (Å²) >= 11 is -4.96. The number of rotatable bonds is 3. The van der Waals surface area contributed by atoms with E-state index in [-0.39, 0.29) is 10.0 Å². The predicted molar refractivity (Wildman–Crippen MR) is 84.8 cm³/mol. The zero-order valence-corrected chi connectivity index (χ0v) is 14.3. The van der Waals surface area contributed by atoms with E-state index in [1.807, 2.05) is 0 Å². The average Bonchev–Trinajstić information content (AvgIpc) is 2.82. The van der Waals surface area contributed by atoms with Crippen molar-refractivity contribution >= 4 is 35.8 Å². The third kappa shape index (κ3) is 3.12. The minimum atomic E-state index is -4.96. The van der Waals surface area contributed by atoms with Crippen LogP contribution in [0.5, 0.6) is 0 Å². The Morgan fingerprint density at radius 3 is 2.50 bits per heavy atom. The van der Waals surface area contributed by atoms with E-state index >= 15 is 0 Å². The molecule has 0 radical (unpaired) electrons. The molecule has 9 heteroatoms. The summed E-state index contributed by atoms with van der Waals surface area (Å²) in [6.07, 6.45) is 1.17. The molecule has 2 heterocycles. The van der Waals surface area contributed by atoms with Gasteiger partial charge in [-0.2, -0.15) is 0 Å². The number of amides is 1. The van der Waals surface area contributed by atoms with Crippen molar-refractivity contribution in [3.63, 3.8) is 0 Å². The molecule has 3 N–H and O–H groups in total. The van der Waals surface area contributed by atoms with E-state index in [2.05, 4.69) is 10.3 Å². The molecular formula is C15H13AsFN3O4. The number of hydrogen-bond donors (Lipinski definition) is 3. The van der Waals surface area contributed by atoms with Gasteiger partial charge in [0.2, 0.25) is 0 Å². The van der Waals surface area contributed by atoms with Gasteiger partial charge in [0.05, 0.1) is 0 Å². The molecule has 24 heavy (non-hydrogen) atoms. The number of fused-ring (bicyclic) bond motifs is 1. The third-order valence-corrected chi connectivity index (χ3v) is 5.47. The number of pyridine rings is 1. The molecule has 0 spiro atoms. The summed E-state index contributed by atoms with van der Waals surface area (Å²) in [6.45, 7) is 1.64. The molecule has 1 amide bonds. The zero-order chi connectivity index (χ0) is 17.5. The Bertz CT molecular complexity index is 978. The Hall–Kier alpha value is -2.41. The number of hydrogen-bond acceptors (Lipinski definition) is 3. The van der Waals surface area contributed by atoms with Gasteiger partial charge in [-0.05, 0) is 0 Å². The summed E-state index contributed by atoms with van der Waals surface area (Å²) in [4.78, 5) is 16.7. The van der Waals surface area contributed by atoms with Gasteiger partial charge >= 0.3 is 138 Å². The van der Waals surface area contributed by atoms with Crippen molar-refractivity contribution in [1.29, 1.82) is 0 Å². The van der Waals surface area contributed by atoms with Gasteiger partial charge in [-0.15, -0.1) is 0 Å². The molecule has 0 saturated carbocycles. The minimum absolute atomic E-state index is 0.0841. The molecule has 0 aliphatic carbocycles. The van der Waals surface area contributed by atoms with E-state index in [1.54, 1.807) is 6.92 Å². The molecule has 0 aliphatic heterocycles. The fraction of sp³-hybridized carbons (Fsp3) is 0.0667. The van der Waals surface area contributed by atoms with Gasteiger partial charge in [0.1, 0.15) is 0 Å². The summed E-state index contributed by atoms with van der Waals surface area (Å²) in [5.74, 6) is -0.998. The van der Waals surface area contributed by atoms with Crippen LogP contribution in [0.15, 0.2) is 42.6 Å². The molecule has 0 unspecified atom stereocenters. The molecule has 3 aromatic rings. The number of imidazole rings is 1. The van der Waals surface area contributed by atoms with Crippen LogP contribution in [-0.2, 0) is 3.74 Å². The number of aromatic nitrogens is 2. The first-order chi connectivity index (χ1) is 11.3. The van der Waals surface area contributed by atoms with E-state index in [9.17, 15) is 12.9 Å². The average molecular weight is 393 g/mol. The monoisotopic (exact) mass is 393 g/mol. The van der Waals surface area contributed by atoms with Crippen molar-refractivity contribution in [1.82, 2.24) is 9.38 Å². The number of carbonyl (C=O) groups excluding carboxylic acids is 1. The molecule has 0 saturated heterocycles. The molecule has 2 aromatic heterocycles. The number of nitrogens with zero attached hydrogens (tertiary/aromatic N) is 2. The summed E-state index contributed by atoms with van der Waals surface area (Å²) in [6, 6.07) is 8.04. The Labute approximate surface area is 138 Å². The van der Waals surface area contributed by atoms with Crippen molar-refractivity contribution in [3.8, 4) is 0 Å². The van der Waals surface area contributed by atoms with Gasteiger partial charge < -0.3 is 0 Å². The Balaban J connectivity index is 1.92. The van der Waals surface area contributed by atoms with E-state index in [1.165, 1.54) is 47.0 Å². The predicted octanol–water partition coefficient (Wildman–Crippen LogP) is 0.595. The molecule has 0 fully saturated rings. The SMILES string of the molecule is Cc1nc2ccc(F)cn2c1C(=O)Nc1ccc([As](=O)(O)O)cc1. The van der Waals surface area contributed by atoms with Crippen LogP contribution in [0.25, 0.3) is 5.65 Å². The number of aryl methyl sites for hydroxylation is 1. The quantitative estimate of drug-likeness (QED) is 0.566. The number of halogens is 1. The van der Waals surface area contributed by atoms with E-state index < -0.39 is 25.9 Å². The van der Waals surface area contributed by atoms with Crippen LogP contribution in [0.2, 0.25) is 0 Å². The van der Waals surface area contributed by atoms with Crippen molar-refractivity contribution < 1.29 is 21.1 Å². The van der Waals surface area contributed by atoms with Crippen molar-refractivity contribution in [2.24, 2.45) is 0 Å². The molecule has 3 rings (SSSR count). The third-order valence-electron chi connectivity index (χ3n) is 3.43. The van der Waals surface area contributed by atoms with E-state index in [0.29, 0.717) is 17.0 Å². The van der Waals surface area contributed by atoms with Gasteiger partial charge in [-0.25, -0.2) is 0 Å².